The minimum Gasteiger partial charge on any atom is -0.497 e. The standard InChI is InChI=1S/C14H14N2O5S/c1-10-3-8-13(14(9-10)16(17)18)15-22(19,20)12-6-4-11(21-2)5-7-12/h3-9,15H,1-2H3. The van der Waals surface area contributed by atoms with Crippen LogP contribution in [0.2, 0.25) is 0 Å². The molecule has 116 valence electrons. The van der Waals surface area contributed by atoms with Gasteiger partial charge < -0.3 is 4.74 Å². The Bertz CT molecular complexity index is 800. The number of hydrogen-bond acceptors (Lipinski definition) is 5. The number of nitro benzene ring substituents is 1. The van der Waals surface area contributed by atoms with Crippen molar-refractivity contribution in [2.45, 2.75) is 11.8 Å². The second-order valence-corrected chi connectivity index (χ2v) is 6.24. The van der Waals surface area contributed by atoms with E-state index in [9.17, 15) is 18.5 Å². The van der Waals surface area contributed by atoms with Crippen LogP contribution in [0.5, 0.6) is 5.75 Å². The van der Waals surface area contributed by atoms with Crippen molar-refractivity contribution in [3.8, 4) is 5.75 Å². The SMILES string of the molecule is COc1ccc(S(=O)(=O)Nc2ccc(C)cc2[N+](=O)[O-])cc1. The molecule has 0 saturated heterocycles. The first-order valence-electron chi connectivity index (χ1n) is 6.25. The second-order valence-electron chi connectivity index (χ2n) is 4.56. The topological polar surface area (TPSA) is 98.5 Å². The number of anilines is 1. The zero-order valence-corrected chi connectivity index (χ0v) is 12.8. The lowest BCUT2D eigenvalue weighted by molar-refractivity contribution is -0.383. The van der Waals surface area contributed by atoms with Crippen LogP contribution in [0.4, 0.5) is 11.4 Å². The molecule has 0 aromatic heterocycles. The zero-order chi connectivity index (χ0) is 16.3. The highest BCUT2D eigenvalue weighted by molar-refractivity contribution is 7.92. The first-order chi connectivity index (χ1) is 10.3. The van der Waals surface area contributed by atoms with E-state index in [0.717, 1.165) is 0 Å². The highest BCUT2D eigenvalue weighted by Crippen LogP contribution is 2.28. The molecule has 0 heterocycles. The van der Waals surface area contributed by atoms with Gasteiger partial charge in [-0.1, -0.05) is 6.07 Å². The molecule has 2 aromatic rings. The molecule has 2 aromatic carbocycles. The minimum absolute atomic E-state index is 0.0110. The average molecular weight is 322 g/mol. The fourth-order valence-corrected chi connectivity index (χ4v) is 2.91. The van der Waals surface area contributed by atoms with Gasteiger partial charge in [-0.2, -0.15) is 0 Å². The molecule has 0 radical (unpaired) electrons. The minimum atomic E-state index is -3.92. The maximum Gasteiger partial charge on any atom is 0.293 e. The van der Waals surface area contributed by atoms with Crippen LogP contribution in [0.1, 0.15) is 5.56 Å². The fourth-order valence-electron chi connectivity index (χ4n) is 1.84. The second kappa shape index (κ2) is 6.02. The van der Waals surface area contributed by atoms with Crippen LogP contribution in [0.25, 0.3) is 0 Å². The Morgan fingerprint density at radius 3 is 2.32 bits per heavy atom. The maximum absolute atomic E-state index is 12.3. The maximum atomic E-state index is 12.3. The van der Waals surface area contributed by atoms with Gasteiger partial charge in [-0.3, -0.25) is 14.8 Å². The van der Waals surface area contributed by atoms with E-state index in [-0.39, 0.29) is 16.3 Å². The molecule has 7 nitrogen and oxygen atoms in total. The quantitative estimate of drug-likeness (QED) is 0.674. The molecule has 1 N–H and O–H groups in total. The molecular formula is C14H14N2O5S. The molecule has 0 saturated carbocycles. The first kappa shape index (κ1) is 15.8. The Morgan fingerprint density at radius 1 is 1.14 bits per heavy atom. The molecule has 2 rings (SSSR count). The number of nitro groups is 1. The van der Waals surface area contributed by atoms with Gasteiger partial charge >= 0.3 is 0 Å². The van der Waals surface area contributed by atoms with E-state index in [4.69, 9.17) is 4.74 Å². The van der Waals surface area contributed by atoms with Gasteiger partial charge in [0.2, 0.25) is 0 Å². The summed E-state index contributed by atoms with van der Waals surface area (Å²) in [5, 5.41) is 11.0. The molecule has 0 bridgehead atoms. The fraction of sp³-hybridized carbons (Fsp3) is 0.143. The first-order valence-corrected chi connectivity index (χ1v) is 7.74. The van der Waals surface area contributed by atoms with Crippen molar-refractivity contribution in [3.05, 3.63) is 58.1 Å². The van der Waals surface area contributed by atoms with Crippen molar-refractivity contribution in [2.24, 2.45) is 0 Å². The number of methoxy groups -OCH3 is 1. The van der Waals surface area contributed by atoms with E-state index in [2.05, 4.69) is 4.72 Å². The Balaban J connectivity index is 2.38. The zero-order valence-electron chi connectivity index (χ0n) is 11.9. The van der Waals surface area contributed by atoms with Crippen LogP contribution >= 0.6 is 0 Å². The number of nitrogens with one attached hydrogen (secondary N) is 1. The largest absolute Gasteiger partial charge is 0.497 e. The normalized spacial score (nSPS) is 11.0. The van der Waals surface area contributed by atoms with Crippen molar-refractivity contribution in [1.29, 1.82) is 0 Å². The van der Waals surface area contributed by atoms with Gasteiger partial charge in [-0.15, -0.1) is 0 Å². The Labute approximate surface area is 127 Å². The monoisotopic (exact) mass is 322 g/mol. The number of nitrogens with zero attached hydrogens (tertiary/aromatic N) is 1. The van der Waals surface area contributed by atoms with E-state index in [1.54, 1.807) is 13.0 Å². The van der Waals surface area contributed by atoms with Gasteiger partial charge in [0, 0.05) is 6.07 Å². The highest BCUT2D eigenvalue weighted by atomic mass is 32.2. The molecule has 0 unspecified atom stereocenters. The van der Waals surface area contributed by atoms with Gasteiger partial charge in [-0.05, 0) is 42.8 Å². The summed E-state index contributed by atoms with van der Waals surface area (Å²) in [6.07, 6.45) is 0. The van der Waals surface area contributed by atoms with Crippen molar-refractivity contribution in [1.82, 2.24) is 0 Å². The molecule has 0 aliphatic rings. The summed E-state index contributed by atoms with van der Waals surface area (Å²) in [6, 6.07) is 10.00. The van der Waals surface area contributed by atoms with Crippen molar-refractivity contribution < 1.29 is 18.1 Å². The van der Waals surface area contributed by atoms with Crippen molar-refractivity contribution in [3.63, 3.8) is 0 Å². The summed E-state index contributed by atoms with van der Waals surface area (Å²) in [4.78, 5) is 10.4. The molecule has 0 aliphatic carbocycles. The van der Waals surface area contributed by atoms with E-state index in [1.807, 2.05) is 0 Å². The number of sulfonamides is 1. The average Bonchev–Trinajstić information content (AvgIpc) is 2.48. The molecule has 0 fully saturated rings. The van der Waals surface area contributed by atoms with Crippen LogP contribution in [0.15, 0.2) is 47.4 Å². The third-order valence-corrected chi connectivity index (χ3v) is 4.35. The molecule has 22 heavy (non-hydrogen) atoms. The summed E-state index contributed by atoms with van der Waals surface area (Å²) in [6.45, 7) is 1.69. The Morgan fingerprint density at radius 2 is 1.77 bits per heavy atom. The third-order valence-electron chi connectivity index (χ3n) is 2.96. The van der Waals surface area contributed by atoms with Gasteiger partial charge in [0.1, 0.15) is 11.4 Å². The van der Waals surface area contributed by atoms with E-state index in [1.165, 1.54) is 43.5 Å². The van der Waals surface area contributed by atoms with Crippen LogP contribution in [0.3, 0.4) is 0 Å². The molecule has 0 amide bonds. The number of benzene rings is 2. The Hall–Kier alpha value is -2.61. The van der Waals surface area contributed by atoms with Crippen LogP contribution in [-0.4, -0.2) is 20.5 Å². The van der Waals surface area contributed by atoms with E-state index in [0.29, 0.717) is 11.3 Å². The lowest BCUT2D eigenvalue weighted by atomic mass is 10.2. The van der Waals surface area contributed by atoms with E-state index < -0.39 is 14.9 Å². The predicted octanol–water partition coefficient (Wildman–Crippen LogP) is 2.71. The predicted molar refractivity (Wildman–Crippen MR) is 81.6 cm³/mol. The lowest BCUT2D eigenvalue weighted by Crippen LogP contribution is -2.14. The number of rotatable bonds is 5. The number of hydrogen-bond donors (Lipinski definition) is 1. The summed E-state index contributed by atoms with van der Waals surface area (Å²) in [5.41, 5.74) is 0.294. The Kier molecular flexibility index (Phi) is 4.32. The van der Waals surface area contributed by atoms with Gasteiger partial charge in [-0.25, -0.2) is 8.42 Å². The molecular weight excluding hydrogens is 308 g/mol. The van der Waals surface area contributed by atoms with Crippen molar-refractivity contribution >= 4 is 21.4 Å². The van der Waals surface area contributed by atoms with Crippen LogP contribution < -0.4 is 9.46 Å². The summed E-state index contributed by atoms with van der Waals surface area (Å²) in [7, 11) is -2.45. The van der Waals surface area contributed by atoms with Crippen LogP contribution in [-0.2, 0) is 10.0 Å². The van der Waals surface area contributed by atoms with Gasteiger partial charge in [0.25, 0.3) is 15.7 Å². The summed E-state index contributed by atoms with van der Waals surface area (Å²) in [5.74, 6) is 0.514. The lowest BCUT2D eigenvalue weighted by Gasteiger charge is -2.09. The van der Waals surface area contributed by atoms with Crippen molar-refractivity contribution in [2.75, 3.05) is 11.8 Å². The van der Waals surface area contributed by atoms with Gasteiger partial charge in [0.05, 0.1) is 16.9 Å². The number of ether oxygens (including phenoxy) is 1. The third kappa shape index (κ3) is 3.34. The molecule has 0 aliphatic heterocycles. The number of aryl methyl sites for hydroxylation is 1. The van der Waals surface area contributed by atoms with Crippen LogP contribution in [0, 0.1) is 17.0 Å². The van der Waals surface area contributed by atoms with Gasteiger partial charge in [0.15, 0.2) is 0 Å². The smallest absolute Gasteiger partial charge is 0.293 e. The molecule has 8 heteroatoms. The highest BCUT2D eigenvalue weighted by Gasteiger charge is 2.20. The molecule has 0 atom stereocenters. The van der Waals surface area contributed by atoms with E-state index >= 15 is 0 Å². The summed E-state index contributed by atoms with van der Waals surface area (Å²) < 4.78 is 31.8. The summed E-state index contributed by atoms with van der Waals surface area (Å²) >= 11 is 0. The molecule has 0 spiro atoms.